The lowest BCUT2D eigenvalue weighted by molar-refractivity contribution is 0.0508. The Labute approximate surface area is 96.2 Å². The van der Waals surface area contributed by atoms with Gasteiger partial charge >= 0.3 is 5.97 Å². The molecule has 2 rings (SSSR count). The summed E-state index contributed by atoms with van der Waals surface area (Å²) in [4.78, 5) is 15.0. The van der Waals surface area contributed by atoms with Crippen molar-refractivity contribution in [2.75, 3.05) is 6.61 Å². The number of hydrogen-bond donors (Lipinski definition) is 0. The first-order valence-corrected chi connectivity index (χ1v) is 4.98. The number of carbonyl (C=O) groups is 1. The number of hydrogen-bond acceptors (Lipinski definition) is 5. The van der Waals surface area contributed by atoms with E-state index in [4.69, 9.17) is 4.52 Å². The molecule has 0 atom stereocenters. The highest BCUT2D eigenvalue weighted by molar-refractivity contribution is 5.85. The third-order valence-electron chi connectivity index (χ3n) is 1.99. The molecule has 0 unspecified atom stereocenters. The number of ether oxygens (including phenoxy) is 1. The number of aromatic nitrogens is 2. The van der Waals surface area contributed by atoms with Gasteiger partial charge in [0.1, 0.15) is 5.82 Å². The molecule has 1 aromatic carbocycles. The minimum absolute atomic E-state index is 0.0499. The number of carbonyl (C=O) groups excluding carboxylic acids is 1. The van der Waals surface area contributed by atoms with Crippen molar-refractivity contribution in [3.63, 3.8) is 0 Å². The Hall–Kier alpha value is -2.24. The van der Waals surface area contributed by atoms with Crippen LogP contribution < -0.4 is 0 Å². The van der Waals surface area contributed by atoms with Gasteiger partial charge in [-0.25, -0.2) is 9.18 Å². The van der Waals surface area contributed by atoms with Crippen LogP contribution in [0.2, 0.25) is 0 Å². The van der Waals surface area contributed by atoms with E-state index < -0.39 is 11.8 Å². The molecule has 0 saturated carbocycles. The van der Waals surface area contributed by atoms with Gasteiger partial charge in [-0.3, -0.25) is 0 Å². The van der Waals surface area contributed by atoms with Gasteiger partial charge < -0.3 is 9.26 Å². The van der Waals surface area contributed by atoms with Crippen molar-refractivity contribution in [3.05, 3.63) is 35.9 Å². The zero-order valence-corrected chi connectivity index (χ0v) is 9.01. The second-order valence-corrected chi connectivity index (χ2v) is 3.12. The maximum Gasteiger partial charge on any atom is 0.379 e. The smallest absolute Gasteiger partial charge is 0.379 e. The van der Waals surface area contributed by atoms with Crippen molar-refractivity contribution in [2.45, 2.75) is 6.92 Å². The van der Waals surface area contributed by atoms with E-state index in [1.54, 1.807) is 19.1 Å². The van der Waals surface area contributed by atoms with Crippen molar-refractivity contribution in [3.8, 4) is 11.5 Å². The van der Waals surface area contributed by atoms with Crippen molar-refractivity contribution in [1.29, 1.82) is 0 Å². The van der Waals surface area contributed by atoms with Crippen LogP contribution in [0.1, 0.15) is 17.5 Å². The van der Waals surface area contributed by atoms with Crippen LogP contribution in [0.3, 0.4) is 0 Å². The maximum absolute atomic E-state index is 13.4. The molecule has 5 nitrogen and oxygen atoms in total. The van der Waals surface area contributed by atoms with Crippen molar-refractivity contribution >= 4 is 5.97 Å². The molecule has 1 heterocycles. The van der Waals surface area contributed by atoms with Crippen LogP contribution >= 0.6 is 0 Å². The molecule has 2 aromatic rings. The summed E-state index contributed by atoms with van der Waals surface area (Å²) in [7, 11) is 0. The number of rotatable bonds is 3. The van der Waals surface area contributed by atoms with Gasteiger partial charge in [-0.2, -0.15) is 4.98 Å². The highest BCUT2D eigenvalue weighted by atomic mass is 19.1. The fraction of sp³-hybridized carbons (Fsp3) is 0.182. The summed E-state index contributed by atoms with van der Waals surface area (Å²) in [5.41, 5.74) is 0.149. The molecule has 0 spiro atoms. The Bertz CT molecular complexity index is 539. The Morgan fingerprint density at radius 1 is 1.47 bits per heavy atom. The van der Waals surface area contributed by atoms with Crippen LogP contribution in [-0.2, 0) is 4.74 Å². The maximum atomic E-state index is 13.4. The monoisotopic (exact) mass is 236 g/mol. The number of benzene rings is 1. The largest absolute Gasteiger partial charge is 0.460 e. The quantitative estimate of drug-likeness (QED) is 0.763. The van der Waals surface area contributed by atoms with E-state index in [1.807, 2.05) is 0 Å². The second kappa shape index (κ2) is 4.73. The summed E-state index contributed by atoms with van der Waals surface area (Å²) in [5, 5.41) is 3.42. The molecule has 0 aliphatic carbocycles. The van der Waals surface area contributed by atoms with Gasteiger partial charge in [-0.05, 0) is 24.2 Å². The van der Waals surface area contributed by atoms with Gasteiger partial charge in [0, 0.05) is 0 Å². The zero-order chi connectivity index (χ0) is 12.3. The Kier molecular flexibility index (Phi) is 3.13. The van der Waals surface area contributed by atoms with Crippen molar-refractivity contribution in [1.82, 2.24) is 10.1 Å². The molecule has 0 aliphatic rings. The predicted octanol–water partition coefficient (Wildman–Crippen LogP) is 2.05. The number of nitrogens with zero attached hydrogens (tertiary/aromatic N) is 2. The first-order valence-electron chi connectivity index (χ1n) is 4.98. The fourth-order valence-electron chi connectivity index (χ4n) is 1.25. The SMILES string of the molecule is CCOC(=O)c1noc(-c2ccccc2F)n1. The zero-order valence-electron chi connectivity index (χ0n) is 9.01. The summed E-state index contributed by atoms with van der Waals surface area (Å²) in [5.74, 6) is -1.46. The molecule has 0 aliphatic heterocycles. The van der Waals surface area contributed by atoms with E-state index in [0.717, 1.165) is 0 Å². The Balaban J connectivity index is 2.30. The average Bonchev–Trinajstić information content (AvgIpc) is 2.79. The van der Waals surface area contributed by atoms with E-state index in [-0.39, 0.29) is 23.9 Å². The summed E-state index contributed by atoms with van der Waals surface area (Å²) >= 11 is 0. The normalized spacial score (nSPS) is 10.2. The van der Waals surface area contributed by atoms with Gasteiger partial charge in [0.15, 0.2) is 0 Å². The van der Waals surface area contributed by atoms with Gasteiger partial charge in [-0.1, -0.05) is 12.1 Å². The molecule has 1 aromatic heterocycles. The van der Waals surface area contributed by atoms with Gasteiger partial charge in [0.05, 0.1) is 12.2 Å². The molecule has 0 bridgehead atoms. The van der Waals surface area contributed by atoms with Crippen LogP contribution in [0.4, 0.5) is 4.39 Å². The van der Waals surface area contributed by atoms with Gasteiger partial charge in [-0.15, -0.1) is 0 Å². The van der Waals surface area contributed by atoms with Gasteiger partial charge in [0.2, 0.25) is 0 Å². The Morgan fingerprint density at radius 2 is 2.24 bits per heavy atom. The Morgan fingerprint density at radius 3 is 2.94 bits per heavy atom. The van der Waals surface area contributed by atoms with Crippen LogP contribution in [0.15, 0.2) is 28.8 Å². The minimum atomic E-state index is -0.696. The predicted molar refractivity (Wildman–Crippen MR) is 55.6 cm³/mol. The number of halogens is 1. The first-order chi connectivity index (χ1) is 8.22. The topological polar surface area (TPSA) is 65.2 Å². The van der Waals surface area contributed by atoms with Crippen LogP contribution in [-0.4, -0.2) is 22.7 Å². The summed E-state index contributed by atoms with van der Waals surface area (Å²) in [6, 6.07) is 5.93. The average molecular weight is 236 g/mol. The molecule has 17 heavy (non-hydrogen) atoms. The second-order valence-electron chi connectivity index (χ2n) is 3.12. The number of esters is 1. The molecular formula is C11H9FN2O3. The minimum Gasteiger partial charge on any atom is -0.460 e. The summed E-state index contributed by atoms with van der Waals surface area (Å²) in [6.07, 6.45) is 0. The van der Waals surface area contributed by atoms with E-state index in [2.05, 4.69) is 14.9 Å². The molecule has 88 valence electrons. The van der Waals surface area contributed by atoms with E-state index in [0.29, 0.717) is 0 Å². The standard InChI is InChI=1S/C11H9FN2O3/c1-2-16-11(15)9-13-10(17-14-9)7-5-3-4-6-8(7)12/h3-6H,2H2,1H3. The molecule has 0 saturated heterocycles. The van der Waals surface area contributed by atoms with Crippen LogP contribution in [0, 0.1) is 5.82 Å². The lowest BCUT2D eigenvalue weighted by atomic mass is 10.2. The third kappa shape index (κ3) is 2.30. The lowest BCUT2D eigenvalue weighted by Gasteiger charge is -1.95. The lowest BCUT2D eigenvalue weighted by Crippen LogP contribution is -2.06. The molecule has 0 N–H and O–H groups in total. The first kappa shape index (κ1) is 11.3. The molecule has 0 fully saturated rings. The molecule has 0 amide bonds. The molecule has 6 heteroatoms. The summed E-state index contributed by atoms with van der Waals surface area (Å²) in [6.45, 7) is 1.87. The van der Waals surface area contributed by atoms with Crippen LogP contribution in [0.25, 0.3) is 11.5 Å². The van der Waals surface area contributed by atoms with Gasteiger partial charge in [0.25, 0.3) is 11.7 Å². The fourth-order valence-corrected chi connectivity index (χ4v) is 1.25. The van der Waals surface area contributed by atoms with E-state index in [1.165, 1.54) is 12.1 Å². The van der Waals surface area contributed by atoms with E-state index in [9.17, 15) is 9.18 Å². The molecule has 0 radical (unpaired) electrons. The van der Waals surface area contributed by atoms with E-state index >= 15 is 0 Å². The summed E-state index contributed by atoms with van der Waals surface area (Å²) < 4.78 is 22.9. The third-order valence-corrected chi connectivity index (χ3v) is 1.99. The molecular weight excluding hydrogens is 227 g/mol. The highest BCUT2D eigenvalue weighted by Gasteiger charge is 2.18. The highest BCUT2D eigenvalue weighted by Crippen LogP contribution is 2.20. The van der Waals surface area contributed by atoms with Crippen molar-refractivity contribution in [2.24, 2.45) is 0 Å². The van der Waals surface area contributed by atoms with Crippen molar-refractivity contribution < 1.29 is 18.4 Å². The van der Waals surface area contributed by atoms with Crippen LogP contribution in [0.5, 0.6) is 0 Å².